The Labute approximate surface area is 742 Å². The van der Waals surface area contributed by atoms with Gasteiger partial charge < -0.3 is 47.4 Å². The molecule has 0 saturated heterocycles. The van der Waals surface area contributed by atoms with Crippen LogP contribution in [0, 0.1) is 0 Å². The molecule has 0 spiro atoms. The predicted octanol–water partition coefficient (Wildman–Crippen LogP) is 24.9. The van der Waals surface area contributed by atoms with Crippen molar-refractivity contribution in [2.75, 3.05) is 0 Å². The molecular weight excluding hydrogens is 1610 g/mol. The van der Waals surface area contributed by atoms with Gasteiger partial charge in [0.2, 0.25) is 0 Å². The van der Waals surface area contributed by atoms with Gasteiger partial charge >= 0.3 is 0 Å². The first-order valence-electron chi connectivity index (χ1n) is 40.5. The minimum absolute atomic E-state index is 0. The van der Waals surface area contributed by atoms with E-state index in [1.54, 1.807) is 0 Å². The molecule has 14 rings (SSSR count). The molecule has 122 heavy (non-hydrogen) atoms. The number of benzene rings is 10. The maximum absolute atomic E-state index is 12.0. The Bertz CT molecular complexity index is 5360. The average molecular weight is 1730 g/mol. The summed E-state index contributed by atoms with van der Waals surface area (Å²) in [4.78, 5) is 30.0. The first kappa shape index (κ1) is 100. The molecule has 4 aromatic heterocycles. The second-order valence-electron chi connectivity index (χ2n) is 39.7. The molecule has 0 fully saturated rings. The number of carboxylic acids is 1. The standard InChI is InChI=1S/2C52H56N2O2.C2H4O2.2Co.4H2O/c2*1-49(2,3)35-21-15-31(16-22-35)39-27-37(51(7,8)9)29-41(47(39)55)43-25-19-33-13-14-34-20-26-44(54-46(34)45(33)53-43)42-30-38(52(10,11)12)28-40(48(42)56)32-17-23-36(24-18-32)50(4,5)6;1-2(3)4;;;;;;/h2*13-30,55-56H,1-12H3;1H3,(H,3,4);;;4*1H2. The third-order valence-corrected chi connectivity index (χ3v) is 22.3. The number of aliphatic carboxylic acids is 1. The second-order valence-corrected chi connectivity index (χ2v) is 39.7. The zero-order valence-corrected chi connectivity index (χ0v) is 77.5. The van der Waals surface area contributed by atoms with Gasteiger partial charge in [-0.3, -0.25) is 4.79 Å². The molecule has 16 heteroatoms. The SMILES string of the molecule is CC(=O)O.CC(C)(C)c1ccc(-c2cc(C(C)(C)C)cc(-c3ccc4ccc5ccc(-c6cc(C(C)(C)C)cc(-c7ccc(C(C)(C)C)cc7)c6O)nc5c4n3)c2O)cc1.CC(C)(C)c1ccc(-c2cc(C(C)(C)C)cc(-c3ccc4ccc5ccc(-c6cc(C(C)(C)C)cc(-c7ccc(C(C)(C)C)cc7)c6O)nc5c4n3)c2O)cc1.O.O.O.O.[Co].[Co]. The van der Waals surface area contributed by atoms with Crippen LogP contribution < -0.4 is 0 Å². The Morgan fingerprint density at radius 2 is 0.352 bits per heavy atom. The second kappa shape index (κ2) is 37.2. The van der Waals surface area contributed by atoms with Crippen molar-refractivity contribution in [3.05, 3.63) is 263 Å². The van der Waals surface area contributed by atoms with Crippen molar-refractivity contribution in [2.45, 2.75) is 216 Å². The molecule has 0 aliphatic carbocycles. The summed E-state index contributed by atoms with van der Waals surface area (Å²) in [6, 6.07) is 75.3. The van der Waals surface area contributed by atoms with Crippen molar-refractivity contribution in [1.29, 1.82) is 0 Å². The van der Waals surface area contributed by atoms with Gasteiger partial charge in [0.05, 0.1) is 44.8 Å². The monoisotopic (exact) mass is 1730 g/mol. The van der Waals surface area contributed by atoms with Crippen molar-refractivity contribution in [1.82, 2.24) is 19.9 Å². The normalized spacial score (nSPS) is 11.9. The van der Waals surface area contributed by atoms with E-state index in [0.29, 0.717) is 45.0 Å². The molecule has 646 valence electrons. The zero-order valence-electron chi connectivity index (χ0n) is 75.4. The molecular formula is C106H124Co2N4O10. The van der Waals surface area contributed by atoms with E-state index in [0.717, 1.165) is 117 Å². The molecule has 0 atom stereocenters. The Morgan fingerprint density at radius 3 is 0.492 bits per heavy atom. The van der Waals surface area contributed by atoms with Crippen molar-refractivity contribution < 1.29 is 85.8 Å². The molecule has 0 bridgehead atoms. The topological polar surface area (TPSA) is 296 Å². The number of hydrogen-bond donors (Lipinski definition) is 5. The Balaban J connectivity index is 0.000000345. The summed E-state index contributed by atoms with van der Waals surface area (Å²) in [6.07, 6.45) is 0. The average Bonchev–Trinajstić information content (AvgIpc) is 0.768. The fourth-order valence-electron chi connectivity index (χ4n) is 14.7. The van der Waals surface area contributed by atoms with E-state index in [4.69, 9.17) is 29.8 Å². The van der Waals surface area contributed by atoms with E-state index in [-0.39, 0.29) is 122 Å². The maximum atomic E-state index is 12.0. The van der Waals surface area contributed by atoms with Crippen LogP contribution in [0.2, 0.25) is 0 Å². The van der Waals surface area contributed by atoms with E-state index >= 15 is 0 Å². The Hall–Kier alpha value is -10.6. The molecule has 0 unspecified atom stereocenters. The molecule has 10 aromatic carbocycles. The predicted molar refractivity (Wildman–Crippen MR) is 502 cm³/mol. The van der Waals surface area contributed by atoms with E-state index < -0.39 is 5.97 Å². The minimum Gasteiger partial charge on any atom is -0.507 e. The van der Waals surface area contributed by atoms with Crippen LogP contribution in [0.1, 0.15) is 218 Å². The van der Waals surface area contributed by atoms with Crippen LogP contribution in [0.5, 0.6) is 23.0 Å². The molecule has 13 N–H and O–H groups in total. The van der Waals surface area contributed by atoms with Crippen molar-refractivity contribution in [2.24, 2.45) is 0 Å². The molecule has 14 nitrogen and oxygen atoms in total. The number of pyridine rings is 4. The maximum Gasteiger partial charge on any atom is 0.300 e. The molecule has 0 saturated carbocycles. The third-order valence-electron chi connectivity index (χ3n) is 22.3. The summed E-state index contributed by atoms with van der Waals surface area (Å²) in [5.41, 5.74) is 24.2. The first-order valence-corrected chi connectivity index (χ1v) is 40.5. The molecule has 2 radical (unpaired) electrons. The van der Waals surface area contributed by atoms with Gasteiger partial charge in [0.25, 0.3) is 5.97 Å². The van der Waals surface area contributed by atoms with Crippen LogP contribution in [0.15, 0.2) is 218 Å². The third kappa shape index (κ3) is 21.7. The van der Waals surface area contributed by atoms with Gasteiger partial charge in [-0.25, -0.2) is 19.9 Å². The van der Waals surface area contributed by atoms with Crippen LogP contribution in [0.25, 0.3) is 133 Å². The van der Waals surface area contributed by atoms with E-state index in [1.165, 1.54) is 22.3 Å². The van der Waals surface area contributed by atoms with E-state index in [2.05, 4.69) is 360 Å². The van der Waals surface area contributed by atoms with E-state index in [1.807, 2.05) is 24.3 Å². The van der Waals surface area contributed by atoms with Crippen LogP contribution in [-0.2, 0) is 81.7 Å². The van der Waals surface area contributed by atoms with Crippen molar-refractivity contribution in [3.63, 3.8) is 0 Å². The Morgan fingerprint density at radius 1 is 0.221 bits per heavy atom. The molecule has 0 aliphatic rings. The van der Waals surface area contributed by atoms with Gasteiger partial charge in [0.15, 0.2) is 0 Å². The number of phenols is 4. The summed E-state index contributed by atoms with van der Waals surface area (Å²) in [7, 11) is 0. The fourth-order valence-corrected chi connectivity index (χ4v) is 14.7. The van der Waals surface area contributed by atoms with Gasteiger partial charge in [-0.1, -0.05) is 312 Å². The zero-order chi connectivity index (χ0) is 84.6. The van der Waals surface area contributed by atoms with Gasteiger partial charge in [0.1, 0.15) is 23.0 Å². The molecule has 0 amide bonds. The van der Waals surface area contributed by atoms with Gasteiger partial charge in [-0.05, 0) is 183 Å². The largest absolute Gasteiger partial charge is 0.507 e. The van der Waals surface area contributed by atoms with Gasteiger partial charge in [-0.15, -0.1) is 0 Å². The quantitative estimate of drug-likeness (QED) is 0.0896. The van der Waals surface area contributed by atoms with Gasteiger partial charge in [0, 0.05) is 107 Å². The number of fused-ring (bicyclic) bond motifs is 6. The molecule has 14 aromatic rings. The summed E-state index contributed by atoms with van der Waals surface area (Å²) in [5.74, 6) is -0.0214. The number of nitrogens with zero attached hydrogens (tertiary/aromatic N) is 4. The minimum atomic E-state index is -0.833. The Kier molecular flexibility index (Phi) is 30.5. The van der Waals surface area contributed by atoms with Gasteiger partial charge in [-0.2, -0.15) is 0 Å². The molecule has 0 aliphatic heterocycles. The number of carboxylic acid groups (broad SMARTS) is 1. The summed E-state index contributed by atoms with van der Waals surface area (Å²) >= 11 is 0. The number of phenolic OH excluding ortho intramolecular Hbond substituents is 4. The molecule has 4 heterocycles. The van der Waals surface area contributed by atoms with Crippen LogP contribution in [-0.4, -0.2) is 73.3 Å². The number of aromatic hydroxyl groups is 4. The smallest absolute Gasteiger partial charge is 0.300 e. The van der Waals surface area contributed by atoms with E-state index in [9.17, 15) is 20.4 Å². The van der Waals surface area contributed by atoms with Crippen LogP contribution in [0.3, 0.4) is 0 Å². The number of aromatic nitrogens is 4. The number of carbonyl (C=O) groups is 1. The number of hydrogen-bond acceptors (Lipinski definition) is 9. The van der Waals surface area contributed by atoms with Crippen molar-refractivity contribution >= 4 is 49.6 Å². The summed E-state index contributed by atoms with van der Waals surface area (Å²) < 4.78 is 0. The fraction of sp³-hybridized carbons (Fsp3) is 0.311. The summed E-state index contributed by atoms with van der Waals surface area (Å²) in [5, 5.41) is 59.2. The first-order chi connectivity index (χ1) is 53.9. The van der Waals surface area contributed by atoms with Crippen molar-refractivity contribution in [3.8, 4) is 113 Å². The number of rotatable bonds is 8. The van der Waals surface area contributed by atoms with Crippen LogP contribution >= 0.6 is 0 Å². The summed E-state index contributed by atoms with van der Waals surface area (Å²) in [6.45, 7) is 53.9. The van der Waals surface area contributed by atoms with Crippen LogP contribution in [0.4, 0.5) is 0 Å².